The molecule has 96 valence electrons. The summed E-state index contributed by atoms with van der Waals surface area (Å²) in [5.74, 6) is -9.48. The van der Waals surface area contributed by atoms with Gasteiger partial charge in [-0.2, -0.15) is 4.39 Å². The number of carbonyl (C=O) groups is 1. The van der Waals surface area contributed by atoms with Crippen molar-refractivity contribution in [2.75, 3.05) is 7.11 Å². The fraction of sp³-hybridized carbons (Fsp3) is 0.100. The number of esters is 1. The topological polar surface area (TPSA) is 35.5 Å². The van der Waals surface area contributed by atoms with Crippen molar-refractivity contribution in [2.45, 2.75) is 4.90 Å². The lowest BCUT2D eigenvalue weighted by Crippen LogP contribution is -2.15. The molecule has 0 aromatic heterocycles. The molecule has 1 aliphatic rings. The van der Waals surface area contributed by atoms with Crippen molar-refractivity contribution >= 4 is 17.7 Å². The summed E-state index contributed by atoms with van der Waals surface area (Å²) in [6.45, 7) is 0. The number of hydrogen-bond acceptors (Lipinski definition) is 4. The number of benzene rings is 1. The lowest BCUT2D eigenvalue weighted by Gasteiger charge is -2.17. The van der Waals surface area contributed by atoms with Gasteiger partial charge in [0.25, 0.3) is 0 Å². The maximum absolute atomic E-state index is 13.4. The van der Waals surface area contributed by atoms with Crippen LogP contribution in [-0.4, -0.2) is 13.1 Å². The first-order valence-electron chi connectivity index (χ1n) is 4.46. The van der Waals surface area contributed by atoms with Crippen LogP contribution < -0.4 is 4.74 Å². The highest BCUT2D eigenvalue weighted by molar-refractivity contribution is 8.02. The molecule has 1 heterocycles. The molecule has 0 bridgehead atoms. The molecule has 3 nitrogen and oxygen atoms in total. The van der Waals surface area contributed by atoms with Crippen molar-refractivity contribution in [3.63, 3.8) is 0 Å². The van der Waals surface area contributed by atoms with E-state index in [-0.39, 0.29) is 0 Å². The molecule has 0 saturated heterocycles. The molecule has 0 aliphatic carbocycles. The highest BCUT2D eigenvalue weighted by atomic mass is 32.2. The minimum Gasteiger partial charge on any atom is -0.463 e. The molecule has 0 radical (unpaired) electrons. The van der Waals surface area contributed by atoms with Gasteiger partial charge in [-0.05, 0) is 0 Å². The number of hydrogen-bond donors (Lipinski definition) is 0. The fourth-order valence-corrected chi connectivity index (χ4v) is 2.03. The molecule has 0 spiro atoms. The molecular formula is C10H4F4O3S. The Morgan fingerprint density at radius 2 is 1.78 bits per heavy atom. The minimum absolute atomic E-state index is 0.445. The Labute approximate surface area is 102 Å². The van der Waals surface area contributed by atoms with Gasteiger partial charge in [-0.3, -0.25) is 0 Å². The van der Waals surface area contributed by atoms with Crippen LogP contribution in [0.25, 0.3) is 0 Å². The summed E-state index contributed by atoms with van der Waals surface area (Å²) in [5, 5.41) is 1.01. The highest BCUT2D eigenvalue weighted by Gasteiger charge is 2.31. The van der Waals surface area contributed by atoms with Crippen molar-refractivity contribution in [2.24, 2.45) is 0 Å². The van der Waals surface area contributed by atoms with E-state index in [9.17, 15) is 22.4 Å². The zero-order valence-electron chi connectivity index (χ0n) is 8.72. The zero-order chi connectivity index (χ0) is 13.4. The van der Waals surface area contributed by atoms with E-state index in [1.54, 1.807) is 0 Å². The smallest absolute Gasteiger partial charge is 0.374 e. The molecular weight excluding hydrogens is 276 g/mol. The summed E-state index contributed by atoms with van der Waals surface area (Å²) in [4.78, 5) is 10.5. The molecule has 0 unspecified atom stereocenters. The fourth-order valence-electron chi connectivity index (χ4n) is 1.22. The summed E-state index contributed by atoms with van der Waals surface area (Å²) in [6, 6.07) is 0. The quantitative estimate of drug-likeness (QED) is 0.343. The van der Waals surface area contributed by atoms with Crippen LogP contribution in [0.4, 0.5) is 17.6 Å². The number of fused-ring (bicyclic) bond motifs is 1. The maximum atomic E-state index is 13.4. The van der Waals surface area contributed by atoms with E-state index in [2.05, 4.69) is 9.47 Å². The number of ether oxygens (including phenoxy) is 2. The molecule has 2 rings (SSSR count). The highest BCUT2D eigenvalue weighted by Crippen LogP contribution is 2.42. The molecule has 1 aromatic rings. The third kappa shape index (κ3) is 1.82. The van der Waals surface area contributed by atoms with E-state index in [1.807, 2.05) is 0 Å². The van der Waals surface area contributed by atoms with Gasteiger partial charge in [0.15, 0.2) is 17.4 Å². The van der Waals surface area contributed by atoms with Gasteiger partial charge in [0, 0.05) is 5.41 Å². The Hall–Kier alpha value is -1.70. The van der Waals surface area contributed by atoms with Crippen LogP contribution >= 0.6 is 11.8 Å². The molecule has 0 atom stereocenters. The van der Waals surface area contributed by atoms with Crippen LogP contribution in [0.3, 0.4) is 0 Å². The van der Waals surface area contributed by atoms with Crippen LogP contribution in [-0.2, 0) is 9.53 Å². The maximum Gasteiger partial charge on any atom is 0.374 e. The van der Waals surface area contributed by atoms with E-state index in [0.29, 0.717) is 11.8 Å². The van der Waals surface area contributed by atoms with Gasteiger partial charge in [-0.1, -0.05) is 11.8 Å². The summed E-state index contributed by atoms with van der Waals surface area (Å²) in [6.07, 6.45) is 0. The van der Waals surface area contributed by atoms with Crippen LogP contribution in [0.15, 0.2) is 16.1 Å². The van der Waals surface area contributed by atoms with Crippen molar-refractivity contribution in [3.05, 3.63) is 34.4 Å². The van der Waals surface area contributed by atoms with E-state index >= 15 is 0 Å². The lowest BCUT2D eigenvalue weighted by atomic mass is 10.3. The minimum atomic E-state index is -2.00. The normalized spacial score (nSPS) is 13.5. The average Bonchev–Trinajstić information content (AvgIpc) is 2.41. The third-order valence-corrected chi connectivity index (χ3v) is 3.00. The Morgan fingerprint density at radius 3 is 2.39 bits per heavy atom. The van der Waals surface area contributed by atoms with Gasteiger partial charge in [0.05, 0.1) is 12.0 Å². The van der Waals surface area contributed by atoms with Crippen molar-refractivity contribution < 1.29 is 31.8 Å². The van der Waals surface area contributed by atoms with Gasteiger partial charge >= 0.3 is 5.97 Å². The first-order chi connectivity index (χ1) is 8.47. The molecule has 1 aliphatic heterocycles. The van der Waals surface area contributed by atoms with Gasteiger partial charge in [-0.15, -0.1) is 0 Å². The van der Waals surface area contributed by atoms with Crippen molar-refractivity contribution in [1.82, 2.24) is 0 Å². The number of halogens is 4. The molecule has 0 amide bonds. The molecule has 8 heteroatoms. The van der Waals surface area contributed by atoms with Crippen LogP contribution in [0.2, 0.25) is 0 Å². The van der Waals surface area contributed by atoms with Crippen LogP contribution in [0.1, 0.15) is 0 Å². The predicted molar refractivity (Wildman–Crippen MR) is 52.9 cm³/mol. The summed E-state index contributed by atoms with van der Waals surface area (Å²) in [5.41, 5.74) is 0. The molecule has 1 aromatic carbocycles. The van der Waals surface area contributed by atoms with E-state index in [1.165, 1.54) is 0 Å². The van der Waals surface area contributed by atoms with Gasteiger partial charge in [-0.25, -0.2) is 18.0 Å². The van der Waals surface area contributed by atoms with Crippen LogP contribution in [0, 0.1) is 23.3 Å². The third-order valence-electron chi connectivity index (χ3n) is 2.07. The van der Waals surface area contributed by atoms with E-state index in [4.69, 9.17) is 0 Å². The largest absolute Gasteiger partial charge is 0.463 e. The zero-order valence-corrected chi connectivity index (χ0v) is 9.54. The molecule has 0 fully saturated rings. The second-order valence-corrected chi connectivity index (χ2v) is 3.99. The number of carbonyl (C=O) groups excluding carboxylic acids is 1. The predicted octanol–water partition coefficient (Wildman–Crippen LogP) is 2.74. The monoisotopic (exact) mass is 280 g/mol. The summed E-state index contributed by atoms with van der Waals surface area (Å²) < 4.78 is 61.6. The second-order valence-electron chi connectivity index (χ2n) is 3.11. The molecule has 0 N–H and O–H groups in total. The van der Waals surface area contributed by atoms with Gasteiger partial charge < -0.3 is 9.47 Å². The molecule has 18 heavy (non-hydrogen) atoms. The lowest BCUT2D eigenvalue weighted by molar-refractivity contribution is -0.138. The molecule has 0 saturated carbocycles. The SMILES string of the molecule is COC(=O)C1=CSc2c(F)c(F)c(F)c(F)c2O1. The van der Waals surface area contributed by atoms with Crippen molar-refractivity contribution in [1.29, 1.82) is 0 Å². The van der Waals surface area contributed by atoms with Gasteiger partial charge in [0.2, 0.25) is 17.4 Å². The van der Waals surface area contributed by atoms with Gasteiger partial charge in [0.1, 0.15) is 0 Å². The van der Waals surface area contributed by atoms with E-state index in [0.717, 1.165) is 12.5 Å². The second kappa shape index (κ2) is 4.52. The Balaban J connectivity index is 2.53. The van der Waals surface area contributed by atoms with Crippen molar-refractivity contribution in [3.8, 4) is 5.75 Å². The number of thioether (sulfide) groups is 1. The summed E-state index contributed by atoms with van der Waals surface area (Å²) in [7, 11) is 1.05. The first-order valence-corrected chi connectivity index (χ1v) is 5.34. The standard InChI is InChI=1S/C10H4F4O3S/c1-16-10(15)3-2-18-9-7(14)5(12)4(11)6(13)8(9)17-3/h2H,1H3. The van der Waals surface area contributed by atoms with Crippen LogP contribution in [0.5, 0.6) is 5.75 Å². The Morgan fingerprint density at radius 1 is 1.17 bits per heavy atom. The van der Waals surface area contributed by atoms with E-state index < -0.39 is 45.6 Å². The Bertz CT molecular complexity index is 571. The summed E-state index contributed by atoms with van der Waals surface area (Å²) >= 11 is 0.495. The number of methoxy groups -OCH3 is 1. The number of rotatable bonds is 1. The average molecular weight is 280 g/mol. The Kier molecular flexibility index (Phi) is 3.20. The first kappa shape index (κ1) is 12.7.